The molecular weight excluding hydrogens is 868 g/mol. The number of hydrogen-bond acceptors (Lipinski definition) is 4. The quantitative estimate of drug-likeness (QED) is 0.142. The number of ether oxygens (including phenoxy) is 1. The van der Waals surface area contributed by atoms with E-state index in [0.717, 1.165) is 68.8 Å². The predicted molar refractivity (Wildman–Crippen MR) is 230 cm³/mol. The van der Waals surface area contributed by atoms with Gasteiger partial charge in [0.15, 0.2) is 0 Å². The van der Waals surface area contributed by atoms with Crippen LogP contribution in [-0.2, 0) is 37.3 Å². The molecule has 8 rings (SSSR count). The summed E-state index contributed by atoms with van der Waals surface area (Å²) in [5.41, 5.74) is 9.98. The van der Waals surface area contributed by atoms with Gasteiger partial charge in [0, 0.05) is 61.3 Å². The summed E-state index contributed by atoms with van der Waals surface area (Å²) in [4.78, 5) is 9.42. The van der Waals surface area contributed by atoms with Crippen LogP contribution in [-0.4, -0.2) is 9.55 Å². The molecule has 56 heavy (non-hydrogen) atoms. The van der Waals surface area contributed by atoms with Crippen LogP contribution in [0.15, 0.2) is 115 Å². The van der Waals surface area contributed by atoms with Gasteiger partial charge < -0.3 is 19.1 Å². The third-order valence-electron chi connectivity index (χ3n) is 11.6. The summed E-state index contributed by atoms with van der Waals surface area (Å²) < 4.78 is 9.00. The Morgan fingerprint density at radius 1 is 0.625 bits per heavy atom. The zero-order chi connectivity index (χ0) is 38.7. The second-order valence-electron chi connectivity index (χ2n) is 17.2. The molecule has 0 radical (unpaired) electrons. The number of hydrogen-bond donors (Lipinski definition) is 0. The van der Waals surface area contributed by atoms with Crippen molar-refractivity contribution in [2.45, 2.75) is 91.4 Å². The van der Waals surface area contributed by atoms with Crippen molar-refractivity contribution in [1.82, 2.24) is 9.55 Å². The average molecular weight is 919 g/mol. The number of rotatable bonds is 8. The summed E-state index contributed by atoms with van der Waals surface area (Å²) in [5.74, 6) is 2.15. The van der Waals surface area contributed by atoms with Gasteiger partial charge >= 0.3 is 0 Å². The van der Waals surface area contributed by atoms with E-state index in [-0.39, 0.29) is 37.3 Å². The van der Waals surface area contributed by atoms with Gasteiger partial charge in [0.25, 0.3) is 0 Å². The fourth-order valence-corrected chi connectivity index (χ4v) is 7.64. The van der Waals surface area contributed by atoms with E-state index in [9.17, 15) is 0 Å². The molecule has 6 heteroatoms. The zero-order valence-electron chi connectivity index (χ0n) is 34.0. The van der Waals surface area contributed by atoms with Crippen molar-refractivity contribution in [2.24, 2.45) is 0 Å². The number of pyridine rings is 1. The van der Waals surface area contributed by atoms with E-state index in [1.54, 1.807) is 0 Å². The predicted octanol–water partition coefficient (Wildman–Crippen LogP) is 13.7. The Morgan fingerprint density at radius 3 is 2.04 bits per heavy atom. The van der Waals surface area contributed by atoms with E-state index in [1.165, 1.54) is 11.1 Å². The van der Waals surface area contributed by atoms with Crippen molar-refractivity contribution in [3.05, 3.63) is 151 Å². The maximum atomic E-state index is 6.78. The Kier molecular flexibility index (Phi) is 10.5. The molecule has 0 amide bonds. The van der Waals surface area contributed by atoms with Crippen molar-refractivity contribution in [3.8, 4) is 17.3 Å². The van der Waals surface area contributed by atoms with E-state index in [4.69, 9.17) is 9.72 Å². The van der Waals surface area contributed by atoms with Crippen molar-refractivity contribution in [1.29, 1.82) is 0 Å². The van der Waals surface area contributed by atoms with E-state index in [1.807, 2.05) is 12.3 Å². The second kappa shape index (κ2) is 14.9. The first kappa shape index (κ1) is 39.4. The summed E-state index contributed by atoms with van der Waals surface area (Å²) >= 11 is 0. The number of nitrogens with zero attached hydrogens (tertiary/aromatic N) is 4. The van der Waals surface area contributed by atoms with Gasteiger partial charge in [-0.05, 0) is 88.1 Å². The minimum Gasteiger partial charge on any atom is -0.509 e. The summed E-state index contributed by atoms with van der Waals surface area (Å²) in [7, 11) is 0. The fraction of sp³-hybridized carbons (Fsp3) is 0.280. The normalized spacial score (nSPS) is 13.3. The molecule has 5 aromatic carbocycles. The SMILES string of the molecule is CCC(C)(CC)c1ccnc(-n2c3[c-]c(Oc4[c-]c(N5[CH-]N(c6cccc(C(C)(C)C)c6)c6ccccc65)cc(C(C)(C)C)c4)ccc3c3ccccc32)c1.[Pt]. The first-order chi connectivity index (χ1) is 26.3. The van der Waals surface area contributed by atoms with Crippen LogP contribution in [0, 0.1) is 18.8 Å². The molecule has 0 unspecified atom stereocenters. The van der Waals surface area contributed by atoms with Crippen molar-refractivity contribution in [2.75, 3.05) is 9.80 Å². The van der Waals surface area contributed by atoms with Gasteiger partial charge in [-0.3, -0.25) is 0 Å². The van der Waals surface area contributed by atoms with E-state index < -0.39 is 0 Å². The first-order valence-electron chi connectivity index (χ1n) is 19.6. The molecule has 0 bridgehead atoms. The van der Waals surface area contributed by atoms with Crippen LogP contribution in [0.4, 0.5) is 22.7 Å². The summed E-state index contributed by atoms with van der Waals surface area (Å²) in [5, 5.41) is 2.27. The van der Waals surface area contributed by atoms with Crippen LogP contribution in [0.1, 0.15) is 91.8 Å². The standard InChI is InChI=1S/C50H51N4O.Pt/c1-10-50(9,11-2)35-25-26-51-47(30-35)54-43-20-13-12-19-41(43)42-24-23-39(32-46(42)54)55-40-29-36(49(6,7)8)28-38(31-40)53-33-52(44-21-14-15-22-45(44)53)37-18-16-17-34(27-37)48(3,4)5;/h12-30,33H,10-11H2,1-9H3;/q-3;. The number of benzene rings is 5. The second-order valence-corrected chi connectivity index (χ2v) is 17.2. The number of para-hydroxylation sites is 3. The molecule has 3 heterocycles. The van der Waals surface area contributed by atoms with E-state index in [2.05, 4.69) is 199 Å². The minimum atomic E-state index is -0.135. The maximum absolute atomic E-state index is 6.78. The molecular formula is C50H51N4OPt-3. The Hall–Kier alpha value is -4.86. The molecule has 7 aromatic rings. The molecule has 0 saturated heterocycles. The number of fused-ring (bicyclic) bond motifs is 4. The van der Waals surface area contributed by atoms with Crippen LogP contribution >= 0.6 is 0 Å². The van der Waals surface area contributed by atoms with Gasteiger partial charge in [0.1, 0.15) is 5.82 Å². The van der Waals surface area contributed by atoms with Crippen molar-refractivity contribution in [3.63, 3.8) is 0 Å². The third kappa shape index (κ3) is 7.16. The van der Waals surface area contributed by atoms with E-state index in [0.29, 0.717) is 11.5 Å². The molecule has 0 fully saturated rings. The van der Waals surface area contributed by atoms with Crippen LogP contribution in [0.2, 0.25) is 0 Å². The third-order valence-corrected chi connectivity index (χ3v) is 11.6. The molecule has 290 valence electrons. The minimum absolute atomic E-state index is 0. The molecule has 0 aliphatic carbocycles. The smallest absolute Gasteiger partial charge is 0.135 e. The zero-order valence-corrected chi connectivity index (χ0v) is 36.2. The van der Waals surface area contributed by atoms with Gasteiger partial charge in [-0.25, -0.2) is 4.98 Å². The maximum Gasteiger partial charge on any atom is 0.135 e. The van der Waals surface area contributed by atoms with Crippen molar-refractivity contribution < 1.29 is 25.8 Å². The molecule has 0 N–H and O–H groups in total. The first-order valence-corrected chi connectivity index (χ1v) is 19.6. The van der Waals surface area contributed by atoms with Crippen LogP contribution in [0.25, 0.3) is 27.6 Å². The van der Waals surface area contributed by atoms with Gasteiger partial charge in [-0.15, -0.1) is 53.6 Å². The molecule has 0 saturated carbocycles. The average Bonchev–Trinajstić information content (AvgIpc) is 3.73. The molecule has 2 aromatic heterocycles. The van der Waals surface area contributed by atoms with Crippen LogP contribution < -0.4 is 14.5 Å². The topological polar surface area (TPSA) is 33.5 Å². The van der Waals surface area contributed by atoms with Gasteiger partial charge in [0.2, 0.25) is 0 Å². The largest absolute Gasteiger partial charge is 0.509 e. The Bertz CT molecular complexity index is 2530. The number of aromatic nitrogens is 2. The van der Waals surface area contributed by atoms with Gasteiger partial charge in [-0.2, -0.15) is 6.07 Å². The molecule has 0 spiro atoms. The van der Waals surface area contributed by atoms with Crippen LogP contribution in [0.5, 0.6) is 11.5 Å². The van der Waals surface area contributed by atoms with Crippen LogP contribution in [0.3, 0.4) is 0 Å². The fourth-order valence-electron chi connectivity index (χ4n) is 7.64. The Balaban J connectivity index is 0.00000480. The van der Waals surface area contributed by atoms with E-state index >= 15 is 0 Å². The molecule has 0 atom stereocenters. The van der Waals surface area contributed by atoms with Gasteiger partial charge in [-0.1, -0.05) is 110 Å². The Morgan fingerprint density at radius 2 is 1.32 bits per heavy atom. The number of anilines is 4. The summed E-state index contributed by atoms with van der Waals surface area (Å²) in [6.45, 7) is 22.5. The van der Waals surface area contributed by atoms with Crippen molar-refractivity contribution >= 4 is 44.6 Å². The molecule has 1 aliphatic heterocycles. The monoisotopic (exact) mass is 918 g/mol. The molecule has 5 nitrogen and oxygen atoms in total. The Labute approximate surface area is 347 Å². The summed E-state index contributed by atoms with van der Waals surface area (Å²) in [6, 6.07) is 46.2. The van der Waals surface area contributed by atoms with Gasteiger partial charge in [0.05, 0.1) is 0 Å². The molecule has 1 aliphatic rings. The summed E-state index contributed by atoms with van der Waals surface area (Å²) in [6.07, 6.45) is 4.05.